The molecule has 0 atom stereocenters. The maximum atomic E-state index is 12.8. The first-order valence-corrected chi connectivity index (χ1v) is 12.4. The summed E-state index contributed by atoms with van der Waals surface area (Å²) in [6.45, 7) is 4.34. The van der Waals surface area contributed by atoms with E-state index in [2.05, 4.69) is 35.1 Å². The second-order valence-electron chi connectivity index (χ2n) is 8.83. The number of aromatic nitrogens is 4. The van der Waals surface area contributed by atoms with Crippen molar-refractivity contribution >= 4 is 34.4 Å². The molecule has 1 fully saturated rings. The number of β-amino-alcohol motifs (C(OH)–C–C–N with tert-alkyl or cyclic N) is 1. The minimum Gasteiger partial charge on any atom is -0.481 e. The number of piperazine rings is 1. The Labute approximate surface area is 219 Å². The summed E-state index contributed by atoms with van der Waals surface area (Å²) in [5.74, 6) is 0.861. The lowest BCUT2D eigenvalue weighted by molar-refractivity contribution is -0.117. The van der Waals surface area contributed by atoms with Crippen LogP contribution in [0, 0.1) is 0 Å². The van der Waals surface area contributed by atoms with E-state index < -0.39 is 0 Å². The molecule has 0 aliphatic carbocycles. The molecule has 0 unspecified atom stereocenters. The number of fused-ring (bicyclic) bond motifs is 1. The maximum absolute atomic E-state index is 12.8. The molecule has 3 N–H and O–H groups in total. The number of aromatic amines is 1. The molecular formula is C26H28ClN7O3. The van der Waals surface area contributed by atoms with Gasteiger partial charge < -0.3 is 20.1 Å². The highest BCUT2D eigenvalue weighted by Crippen LogP contribution is 2.38. The third-order valence-electron chi connectivity index (χ3n) is 6.40. The van der Waals surface area contributed by atoms with E-state index >= 15 is 0 Å². The van der Waals surface area contributed by atoms with Crippen LogP contribution >= 0.6 is 11.6 Å². The third-order valence-corrected chi connectivity index (χ3v) is 6.61. The lowest BCUT2D eigenvalue weighted by atomic mass is 10.0. The number of anilines is 1. The average molecular weight is 522 g/mol. The number of aliphatic hydroxyl groups excluding tert-OH is 1. The molecule has 192 valence electrons. The highest BCUT2D eigenvalue weighted by Gasteiger charge is 2.20. The van der Waals surface area contributed by atoms with Gasteiger partial charge in [0, 0.05) is 74.1 Å². The Bertz CT molecular complexity index is 1380. The number of aliphatic hydroxyl groups is 1. The number of nitrogens with one attached hydrogen (secondary N) is 2. The van der Waals surface area contributed by atoms with Crippen molar-refractivity contribution in [1.82, 2.24) is 29.7 Å². The minimum atomic E-state index is -0.120. The van der Waals surface area contributed by atoms with E-state index in [-0.39, 0.29) is 19.1 Å². The summed E-state index contributed by atoms with van der Waals surface area (Å²) < 4.78 is 5.21. The zero-order valence-electron chi connectivity index (χ0n) is 20.4. The molecule has 11 heteroatoms. The molecule has 4 aromatic heterocycles. The number of amides is 1. The minimum absolute atomic E-state index is 0.120. The van der Waals surface area contributed by atoms with Crippen molar-refractivity contribution in [3.63, 3.8) is 0 Å². The van der Waals surface area contributed by atoms with E-state index in [0.717, 1.165) is 59.6 Å². The smallest absolute Gasteiger partial charge is 0.239 e. The van der Waals surface area contributed by atoms with Gasteiger partial charge in [0.1, 0.15) is 5.82 Å². The molecule has 1 aliphatic heterocycles. The molecule has 0 radical (unpaired) electrons. The first-order chi connectivity index (χ1) is 18.0. The van der Waals surface area contributed by atoms with E-state index in [4.69, 9.17) is 21.4 Å². The maximum Gasteiger partial charge on any atom is 0.239 e. The molecule has 1 saturated heterocycles. The lowest BCUT2D eigenvalue weighted by Crippen LogP contribution is -2.49. The Morgan fingerprint density at radius 1 is 1.08 bits per heavy atom. The Morgan fingerprint density at radius 3 is 2.62 bits per heavy atom. The van der Waals surface area contributed by atoms with Crippen molar-refractivity contribution in [3.05, 3.63) is 53.9 Å². The van der Waals surface area contributed by atoms with Gasteiger partial charge in [-0.1, -0.05) is 11.6 Å². The largest absolute Gasteiger partial charge is 0.481 e. The number of methoxy groups -OCH3 is 1. The predicted molar refractivity (Wildman–Crippen MR) is 143 cm³/mol. The molecule has 5 heterocycles. The number of rotatable bonds is 8. The van der Waals surface area contributed by atoms with Crippen LogP contribution in [0.3, 0.4) is 0 Å². The number of hydrogen-bond acceptors (Lipinski definition) is 8. The Kier molecular flexibility index (Phi) is 7.61. The molecule has 0 bridgehead atoms. The number of carbonyl (C=O) groups excluding carboxylic acids is 1. The summed E-state index contributed by atoms with van der Waals surface area (Å²) in [5, 5.41) is 12.6. The number of nitrogens with zero attached hydrogens (tertiary/aromatic N) is 5. The fourth-order valence-corrected chi connectivity index (χ4v) is 4.71. The number of halogens is 1. The van der Waals surface area contributed by atoms with Gasteiger partial charge in [-0.15, -0.1) is 0 Å². The zero-order chi connectivity index (χ0) is 25.8. The van der Waals surface area contributed by atoms with Gasteiger partial charge in [-0.3, -0.25) is 19.6 Å². The molecule has 0 spiro atoms. The van der Waals surface area contributed by atoms with Gasteiger partial charge in [-0.2, -0.15) is 0 Å². The van der Waals surface area contributed by atoms with Crippen molar-refractivity contribution in [2.75, 3.05) is 58.3 Å². The lowest BCUT2D eigenvalue weighted by Gasteiger charge is -2.33. The second-order valence-corrected chi connectivity index (χ2v) is 9.27. The Hall–Kier alpha value is -3.57. The van der Waals surface area contributed by atoms with E-state index in [0.29, 0.717) is 23.3 Å². The van der Waals surface area contributed by atoms with Crippen molar-refractivity contribution < 1.29 is 14.6 Å². The predicted octanol–water partition coefficient (Wildman–Crippen LogP) is 2.90. The monoisotopic (exact) mass is 521 g/mol. The van der Waals surface area contributed by atoms with Gasteiger partial charge >= 0.3 is 0 Å². The summed E-state index contributed by atoms with van der Waals surface area (Å²) >= 11 is 6.21. The van der Waals surface area contributed by atoms with E-state index in [9.17, 15) is 4.79 Å². The summed E-state index contributed by atoms with van der Waals surface area (Å²) in [7, 11) is 1.58. The van der Waals surface area contributed by atoms with Gasteiger partial charge in [-0.25, -0.2) is 9.97 Å². The topological polar surface area (TPSA) is 120 Å². The van der Waals surface area contributed by atoms with Crippen LogP contribution < -0.4 is 10.1 Å². The number of H-pyrrole nitrogens is 1. The van der Waals surface area contributed by atoms with Crippen LogP contribution in [-0.4, -0.2) is 93.7 Å². The molecule has 1 amide bonds. The van der Waals surface area contributed by atoms with Gasteiger partial charge in [0.05, 0.1) is 42.0 Å². The van der Waals surface area contributed by atoms with E-state index in [1.54, 1.807) is 31.8 Å². The van der Waals surface area contributed by atoms with E-state index in [1.165, 1.54) is 0 Å². The summed E-state index contributed by atoms with van der Waals surface area (Å²) in [5.41, 5.74) is 4.92. The highest BCUT2D eigenvalue weighted by atomic mass is 35.5. The molecule has 0 aromatic carbocycles. The van der Waals surface area contributed by atoms with Crippen LogP contribution in [0.4, 0.5) is 5.82 Å². The first-order valence-electron chi connectivity index (χ1n) is 12.0. The third kappa shape index (κ3) is 5.72. The normalized spacial score (nSPS) is 14.7. The fourth-order valence-electron chi connectivity index (χ4n) is 4.55. The average Bonchev–Trinajstić information content (AvgIpc) is 3.29. The first kappa shape index (κ1) is 25.1. The van der Waals surface area contributed by atoms with Gasteiger partial charge in [0.25, 0.3) is 0 Å². The zero-order valence-corrected chi connectivity index (χ0v) is 21.2. The van der Waals surface area contributed by atoms with Gasteiger partial charge in [0.15, 0.2) is 0 Å². The SMILES string of the molecule is COc1ccc(-c2c(-c3ccnc(NC(=O)CN4CCN(CCO)CC4)c3)[nH]c3cc(Cl)cnc23)cn1. The van der Waals surface area contributed by atoms with Crippen LogP contribution in [0.1, 0.15) is 0 Å². The van der Waals surface area contributed by atoms with Gasteiger partial charge in [0.2, 0.25) is 11.8 Å². The molecular weight excluding hydrogens is 494 g/mol. The Morgan fingerprint density at radius 2 is 1.89 bits per heavy atom. The number of pyridine rings is 3. The van der Waals surface area contributed by atoms with Crippen LogP contribution in [0.15, 0.2) is 48.9 Å². The summed E-state index contributed by atoms with van der Waals surface area (Å²) in [6.07, 6.45) is 5.02. The number of carbonyl (C=O) groups is 1. The van der Waals surface area contributed by atoms with Crippen LogP contribution in [0.25, 0.3) is 33.4 Å². The number of hydrogen-bond donors (Lipinski definition) is 3. The Balaban J connectivity index is 1.39. The summed E-state index contributed by atoms with van der Waals surface area (Å²) in [4.78, 5) is 33.8. The standard InChI is InChI=1S/C26H28ClN7O3/c1-37-23-3-2-18(14-29-23)24-25(31-20-13-19(27)15-30-26(20)24)17-4-5-28-21(12-17)32-22(36)16-34-8-6-33(7-9-34)10-11-35/h2-5,12-15,31,35H,6-11,16H2,1H3,(H,28,32,36). The summed E-state index contributed by atoms with van der Waals surface area (Å²) in [6, 6.07) is 9.28. The second kappa shape index (κ2) is 11.2. The quantitative estimate of drug-likeness (QED) is 0.324. The van der Waals surface area contributed by atoms with Crippen LogP contribution in [-0.2, 0) is 4.79 Å². The number of ether oxygens (including phenoxy) is 1. The highest BCUT2D eigenvalue weighted by molar-refractivity contribution is 6.31. The van der Waals surface area contributed by atoms with Crippen molar-refractivity contribution in [2.24, 2.45) is 0 Å². The molecule has 5 rings (SSSR count). The van der Waals surface area contributed by atoms with Crippen molar-refractivity contribution in [1.29, 1.82) is 0 Å². The fraction of sp³-hybridized carbons (Fsp3) is 0.308. The van der Waals surface area contributed by atoms with Crippen molar-refractivity contribution in [3.8, 4) is 28.3 Å². The molecule has 37 heavy (non-hydrogen) atoms. The molecule has 1 aliphatic rings. The van der Waals surface area contributed by atoms with Gasteiger partial charge in [-0.05, 0) is 24.3 Å². The van der Waals surface area contributed by atoms with Crippen LogP contribution in [0.2, 0.25) is 5.02 Å². The molecule has 0 saturated carbocycles. The molecule has 10 nitrogen and oxygen atoms in total. The van der Waals surface area contributed by atoms with E-state index in [1.807, 2.05) is 24.3 Å². The van der Waals surface area contributed by atoms with Crippen molar-refractivity contribution in [2.45, 2.75) is 0 Å². The molecule has 4 aromatic rings. The van der Waals surface area contributed by atoms with Crippen LogP contribution in [0.5, 0.6) is 5.88 Å².